The molecule has 3 aliphatic heterocycles. The molecule has 4 aliphatic rings. The Balaban J connectivity index is 1.35. The molecule has 1 aromatic carbocycles. The summed E-state index contributed by atoms with van der Waals surface area (Å²) in [6.45, 7) is 1.60. The summed E-state index contributed by atoms with van der Waals surface area (Å²) < 4.78 is 0. The zero-order chi connectivity index (χ0) is 18.3. The molecule has 0 atom stereocenters. The van der Waals surface area contributed by atoms with Crippen molar-refractivity contribution in [2.24, 2.45) is 5.92 Å². The number of amides is 3. The molecule has 2 bridgehead atoms. The topological polar surface area (TPSA) is 111 Å². The van der Waals surface area contributed by atoms with Gasteiger partial charge in [0, 0.05) is 36.4 Å². The Bertz CT molecular complexity index is 734. The number of piperidine rings is 3. The smallest absolute Gasteiger partial charge is 0.404 e. The lowest BCUT2D eigenvalue weighted by Crippen LogP contribution is -2.69. The minimum Gasteiger partial charge on any atom is -0.465 e. The fourth-order valence-electron chi connectivity index (χ4n) is 4.13. The monoisotopic (exact) mass is 358 g/mol. The molecule has 8 nitrogen and oxygen atoms in total. The van der Waals surface area contributed by atoms with E-state index in [4.69, 9.17) is 5.11 Å². The maximum atomic E-state index is 12.1. The Hall–Kier alpha value is -2.77. The maximum absolute atomic E-state index is 12.1. The summed E-state index contributed by atoms with van der Waals surface area (Å²) in [6.07, 6.45) is 1.72. The third kappa shape index (κ3) is 2.95. The highest BCUT2D eigenvalue weighted by Gasteiger charge is 2.57. The second-order valence-electron chi connectivity index (χ2n) is 7.39. The number of carbonyl (C=O) groups is 3. The number of rotatable bonds is 4. The molecule has 1 saturated carbocycles. The Morgan fingerprint density at radius 1 is 1.15 bits per heavy atom. The average molecular weight is 358 g/mol. The standard InChI is InChI=1S/C18H22N4O4/c23-15-11-9-18(10-11,16(24)20-15)21-13-1-3-14(4-2-13)22-7-5-12(6-8-22)19-17(25)26/h1-4,11-12,19,21H,5-10H2,(H,25,26)(H,20,23,24). The normalized spacial score (nSPS) is 28.2. The van der Waals surface area contributed by atoms with Crippen molar-refractivity contribution in [2.45, 2.75) is 37.3 Å². The number of fused-ring (bicyclic) bond motifs is 2. The first-order chi connectivity index (χ1) is 12.4. The van der Waals surface area contributed by atoms with Crippen LogP contribution in [0.4, 0.5) is 16.2 Å². The van der Waals surface area contributed by atoms with Crippen molar-refractivity contribution >= 4 is 29.3 Å². The summed E-state index contributed by atoms with van der Waals surface area (Å²) in [5, 5.41) is 17.1. The van der Waals surface area contributed by atoms with E-state index in [1.54, 1.807) is 0 Å². The first kappa shape index (κ1) is 16.7. The summed E-state index contributed by atoms with van der Waals surface area (Å²) in [4.78, 5) is 36.6. The van der Waals surface area contributed by atoms with Gasteiger partial charge in [0.2, 0.25) is 5.91 Å². The third-order valence-corrected chi connectivity index (χ3v) is 5.67. The van der Waals surface area contributed by atoms with Crippen LogP contribution in [0.15, 0.2) is 24.3 Å². The van der Waals surface area contributed by atoms with Crippen LogP contribution in [-0.4, -0.2) is 47.7 Å². The lowest BCUT2D eigenvalue weighted by Gasteiger charge is -2.50. The fourth-order valence-corrected chi connectivity index (χ4v) is 4.13. The molecule has 0 unspecified atom stereocenters. The third-order valence-electron chi connectivity index (χ3n) is 5.67. The van der Waals surface area contributed by atoms with Crippen LogP contribution in [0.1, 0.15) is 25.7 Å². The van der Waals surface area contributed by atoms with Crippen molar-refractivity contribution in [1.29, 1.82) is 0 Å². The number of anilines is 2. The predicted molar refractivity (Wildman–Crippen MR) is 95.1 cm³/mol. The Morgan fingerprint density at radius 3 is 2.38 bits per heavy atom. The Morgan fingerprint density at radius 2 is 1.81 bits per heavy atom. The fraction of sp³-hybridized carbons (Fsp3) is 0.500. The molecule has 26 heavy (non-hydrogen) atoms. The van der Waals surface area contributed by atoms with Gasteiger partial charge in [-0.1, -0.05) is 0 Å². The highest BCUT2D eigenvalue weighted by atomic mass is 16.4. The molecule has 1 aliphatic carbocycles. The van der Waals surface area contributed by atoms with Crippen molar-refractivity contribution in [1.82, 2.24) is 10.6 Å². The van der Waals surface area contributed by atoms with Crippen LogP contribution in [0.25, 0.3) is 0 Å². The number of benzene rings is 1. The van der Waals surface area contributed by atoms with E-state index in [-0.39, 0.29) is 23.8 Å². The molecule has 3 amide bonds. The average Bonchev–Trinajstić information content (AvgIpc) is 2.57. The van der Waals surface area contributed by atoms with Crippen molar-refractivity contribution in [3.63, 3.8) is 0 Å². The highest BCUT2D eigenvalue weighted by molar-refractivity contribution is 6.08. The second-order valence-corrected chi connectivity index (χ2v) is 7.39. The number of hydrogen-bond acceptors (Lipinski definition) is 5. The van der Waals surface area contributed by atoms with Gasteiger partial charge in [-0.25, -0.2) is 4.79 Å². The molecule has 4 fully saturated rings. The Labute approximate surface area is 150 Å². The van der Waals surface area contributed by atoms with Gasteiger partial charge in [0.1, 0.15) is 5.54 Å². The summed E-state index contributed by atoms with van der Waals surface area (Å²) in [6, 6.07) is 7.92. The zero-order valence-corrected chi connectivity index (χ0v) is 14.3. The SMILES string of the molecule is O=C(O)NC1CCN(c2ccc(NC34CC(C3)C(=O)NC4=O)cc2)CC1. The van der Waals surface area contributed by atoms with Gasteiger partial charge < -0.3 is 20.6 Å². The first-order valence-electron chi connectivity index (χ1n) is 8.93. The van der Waals surface area contributed by atoms with Gasteiger partial charge in [0.15, 0.2) is 0 Å². The molecular formula is C18H22N4O4. The van der Waals surface area contributed by atoms with Crippen molar-refractivity contribution in [3.8, 4) is 0 Å². The van der Waals surface area contributed by atoms with Crippen molar-refractivity contribution in [2.75, 3.05) is 23.3 Å². The van der Waals surface area contributed by atoms with Crippen LogP contribution < -0.4 is 20.9 Å². The summed E-state index contributed by atoms with van der Waals surface area (Å²) in [5.41, 5.74) is 1.29. The van der Waals surface area contributed by atoms with Crippen molar-refractivity contribution < 1.29 is 19.5 Å². The molecular weight excluding hydrogens is 336 g/mol. The van der Waals surface area contributed by atoms with E-state index >= 15 is 0 Å². The van der Waals surface area contributed by atoms with Crippen LogP contribution in [0.2, 0.25) is 0 Å². The highest BCUT2D eigenvalue weighted by Crippen LogP contribution is 2.44. The van der Waals surface area contributed by atoms with Gasteiger partial charge in [-0.05, 0) is 49.9 Å². The molecule has 8 heteroatoms. The molecule has 3 saturated heterocycles. The predicted octanol–water partition coefficient (Wildman–Crippen LogP) is 1.14. The van der Waals surface area contributed by atoms with Gasteiger partial charge in [0.25, 0.3) is 5.91 Å². The van der Waals surface area contributed by atoms with Gasteiger partial charge >= 0.3 is 6.09 Å². The number of nitrogens with one attached hydrogen (secondary N) is 3. The van der Waals surface area contributed by atoms with E-state index in [0.29, 0.717) is 12.8 Å². The van der Waals surface area contributed by atoms with Crippen LogP contribution in [0.3, 0.4) is 0 Å². The lowest BCUT2D eigenvalue weighted by atomic mass is 9.64. The molecule has 138 valence electrons. The molecule has 0 radical (unpaired) electrons. The quantitative estimate of drug-likeness (QED) is 0.601. The van der Waals surface area contributed by atoms with Gasteiger partial charge in [-0.2, -0.15) is 0 Å². The van der Waals surface area contributed by atoms with Gasteiger partial charge in [-0.15, -0.1) is 0 Å². The molecule has 1 aromatic rings. The maximum Gasteiger partial charge on any atom is 0.404 e. The van der Waals surface area contributed by atoms with E-state index in [9.17, 15) is 14.4 Å². The Kier molecular flexibility index (Phi) is 3.97. The van der Waals surface area contributed by atoms with Crippen LogP contribution in [0, 0.1) is 5.92 Å². The van der Waals surface area contributed by atoms with Gasteiger partial charge in [0.05, 0.1) is 0 Å². The van der Waals surface area contributed by atoms with Crippen LogP contribution in [0.5, 0.6) is 0 Å². The molecule has 4 N–H and O–H groups in total. The number of imide groups is 1. The number of hydrogen-bond donors (Lipinski definition) is 4. The zero-order valence-electron chi connectivity index (χ0n) is 14.3. The number of nitrogens with zero attached hydrogens (tertiary/aromatic N) is 1. The number of carboxylic acid groups (broad SMARTS) is 1. The second kappa shape index (κ2) is 6.19. The largest absolute Gasteiger partial charge is 0.465 e. The lowest BCUT2D eigenvalue weighted by molar-refractivity contribution is -0.148. The van der Waals surface area contributed by atoms with E-state index in [2.05, 4.69) is 20.9 Å². The van der Waals surface area contributed by atoms with E-state index in [0.717, 1.165) is 37.3 Å². The number of carbonyl (C=O) groups excluding carboxylic acids is 2. The minimum absolute atomic E-state index is 0.0166. The summed E-state index contributed by atoms with van der Waals surface area (Å²) >= 11 is 0. The van der Waals surface area contributed by atoms with Gasteiger partial charge in [-0.3, -0.25) is 14.9 Å². The summed E-state index contributed by atoms with van der Waals surface area (Å²) in [5.74, 6) is -0.447. The molecule has 5 rings (SSSR count). The van der Waals surface area contributed by atoms with E-state index < -0.39 is 11.6 Å². The van der Waals surface area contributed by atoms with Crippen molar-refractivity contribution in [3.05, 3.63) is 24.3 Å². The van der Waals surface area contributed by atoms with E-state index in [1.807, 2.05) is 24.3 Å². The van der Waals surface area contributed by atoms with Crippen LogP contribution in [-0.2, 0) is 9.59 Å². The first-order valence-corrected chi connectivity index (χ1v) is 8.93. The minimum atomic E-state index is -0.968. The van der Waals surface area contributed by atoms with Crippen LogP contribution >= 0.6 is 0 Å². The molecule has 0 aromatic heterocycles. The summed E-state index contributed by atoms with van der Waals surface area (Å²) in [7, 11) is 0. The molecule has 0 spiro atoms. The molecule has 3 heterocycles. The van der Waals surface area contributed by atoms with E-state index in [1.165, 1.54) is 0 Å².